The van der Waals surface area contributed by atoms with Gasteiger partial charge in [0.15, 0.2) is 0 Å². The quantitative estimate of drug-likeness (QED) is 0.581. The van der Waals surface area contributed by atoms with Gasteiger partial charge in [0.25, 0.3) is 0 Å². The maximum Gasteiger partial charge on any atom is 0.242 e. The lowest BCUT2D eigenvalue weighted by Gasteiger charge is -2.22. The van der Waals surface area contributed by atoms with E-state index in [1.807, 2.05) is 0 Å². The van der Waals surface area contributed by atoms with Crippen molar-refractivity contribution in [2.45, 2.75) is 32.0 Å². The summed E-state index contributed by atoms with van der Waals surface area (Å²) in [7, 11) is 0. The Morgan fingerprint density at radius 2 is 2.50 bits per heavy atom. The minimum Gasteiger partial charge on any atom is -0.354 e. The lowest BCUT2D eigenvalue weighted by Crippen LogP contribution is -2.50. The number of rotatable bonds is 4. The predicted molar refractivity (Wildman–Crippen MR) is 62.1 cm³/mol. The third kappa shape index (κ3) is 3.04. The first-order chi connectivity index (χ1) is 8.69. The molecule has 0 aromatic carbocycles. The summed E-state index contributed by atoms with van der Waals surface area (Å²) in [5.41, 5.74) is 6.02. The molecule has 18 heavy (non-hydrogen) atoms. The third-order valence-corrected chi connectivity index (χ3v) is 2.72. The van der Waals surface area contributed by atoms with Gasteiger partial charge in [0.1, 0.15) is 12.6 Å². The number of hydrogen-bond donors (Lipinski definition) is 3. The summed E-state index contributed by atoms with van der Waals surface area (Å²) in [4.78, 5) is 23.2. The summed E-state index contributed by atoms with van der Waals surface area (Å²) in [6.45, 7) is 0.998. The topological polar surface area (TPSA) is 115 Å². The Hall–Kier alpha value is -1.96. The molecule has 1 aliphatic heterocycles. The minimum absolute atomic E-state index is 0.0385. The Labute approximate surface area is 104 Å². The summed E-state index contributed by atoms with van der Waals surface area (Å²) < 4.78 is 1.40. The lowest BCUT2D eigenvalue weighted by molar-refractivity contribution is -0.130. The molecule has 8 nitrogen and oxygen atoms in total. The van der Waals surface area contributed by atoms with Crippen LogP contribution < -0.4 is 16.4 Å². The number of nitrogens with zero attached hydrogens (tertiary/aromatic N) is 3. The second kappa shape index (κ2) is 5.58. The molecule has 0 spiro atoms. The van der Waals surface area contributed by atoms with E-state index in [0.717, 1.165) is 6.42 Å². The van der Waals surface area contributed by atoms with Gasteiger partial charge in [0.05, 0.1) is 11.9 Å². The smallest absolute Gasteiger partial charge is 0.242 e. The van der Waals surface area contributed by atoms with Crippen LogP contribution in [0.15, 0.2) is 6.20 Å². The molecular weight excluding hydrogens is 236 g/mol. The van der Waals surface area contributed by atoms with Gasteiger partial charge in [0, 0.05) is 13.1 Å². The zero-order valence-electron chi connectivity index (χ0n) is 9.93. The molecule has 1 aromatic heterocycles. The normalized spacial score (nSPS) is 19.4. The SMILES string of the molecule is NCc1cn(CC(=O)NC2CCCNC2=O)nn1. The highest BCUT2D eigenvalue weighted by molar-refractivity contribution is 5.87. The molecule has 1 atom stereocenters. The largest absolute Gasteiger partial charge is 0.354 e. The number of amides is 2. The highest BCUT2D eigenvalue weighted by Crippen LogP contribution is 2.02. The monoisotopic (exact) mass is 252 g/mol. The first-order valence-electron chi connectivity index (χ1n) is 5.85. The van der Waals surface area contributed by atoms with Crippen LogP contribution in [0.1, 0.15) is 18.5 Å². The van der Waals surface area contributed by atoms with Gasteiger partial charge in [-0.05, 0) is 12.8 Å². The number of nitrogens with one attached hydrogen (secondary N) is 2. The molecule has 0 saturated carbocycles. The molecule has 0 radical (unpaired) electrons. The van der Waals surface area contributed by atoms with Crippen molar-refractivity contribution >= 4 is 11.8 Å². The molecule has 2 amide bonds. The second-order valence-corrected chi connectivity index (χ2v) is 4.16. The third-order valence-electron chi connectivity index (χ3n) is 2.72. The van der Waals surface area contributed by atoms with E-state index in [1.54, 1.807) is 6.20 Å². The molecule has 0 bridgehead atoms. The van der Waals surface area contributed by atoms with Crippen molar-refractivity contribution in [3.05, 3.63) is 11.9 Å². The molecule has 1 aromatic rings. The number of carbonyl (C=O) groups excluding carboxylic acids is 2. The number of aromatic nitrogens is 3. The first kappa shape index (κ1) is 12.5. The molecule has 1 unspecified atom stereocenters. The molecule has 98 valence electrons. The maximum absolute atomic E-state index is 11.7. The average molecular weight is 252 g/mol. The van der Waals surface area contributed by atoms with Crippen LogP contribution in [0.25, 0.3) is 0 Å². The van der Waals surface area contributed by atoms with E-state index in [0.29, 0.717) is 18.7 Å². The van der Waals surface area contributed by atoms with E-state index >= 15 is 0 Å². The van der Waals surface area contributed by atoms with Gasteiger partial charge in [-0.25, -0.2) is 4.68 Å². The Bertz CT molecular complexity index is 443. The fraction of sp³-hybridized carbons (Fsp3) is 0.600. The van der Waals surface area contributed by atoms with Crippen molar-refractivity contribution in [1.29, 1.82) is 0 Å². The Morgan fingerprint density at radius 1 is 1.67 bits per heavy atom. The number of nitrogens with two attached hydrogens (primary N) is 1. The van der Waals surface area contributed by atoms with Crippen LogP contribution in [0.5, 0.6) is 0 Å². The maximum atomic E-state index is 11.7. The van der Waals surface area contributed by atoms with Crippen molar-refractivity contribution in [2.24, 2.45) is 5.73 Å². The van der Waals surface area contributed by atoms with E-state index in [-0.39, 0.29) is 24.9 Å². The lowest BCUT2D eigenvalue weighted by atomic mass is 10.1. The number of carbonyl (C=O) groups is 2. The van der Waals surface area contributed by atoms with Gasteiger partial charge < -0.3 is 16.4 Å². The van der Waals surface area contributed by atoms with Gasteiger partial charge in [-0.3, -0.25) is 9.59 Å². The molecule has 2 rings (SSSR count). The van der Waals surface area contributed by atoms with E-state index in [2.05, 4.69) is 20.9 Å². The highest BCUT2D eigenvalue weighted by atomic mass is 16.2. The molecule has 0 aliphatic carbocycles. The highest BCUT2D eigenvalue weighted by Gasteiger charge is 2.23. The minimum atomic E-state index is -0.441. The van der Waals surface area contributed by atoms with Crippen LogP contribution in [0.3, 0.4) is 0 Å². The van der Waals surface area contributed by atoms with Crippen LogP contribution in [0, 0.1) is 0 Å². The predicted octanol–water partition coefficient (Wildman–Crippen LogP) is -1.87. The van der Waals surface area contributed by atoms with Crippen molar-refractivity contribution < 1.29 is 9.59 Å². The molecule has 8 heteroatoms. The fourth-order valence-electron chi connectivity index (χ4n) is 1.81. The molecule has 1 fully saturated rings. The van der Waals surface area contributed by atoms with Crippen LogP contribution in [-0.2, 0) is 22.7 Å². The summed E-state index contributed by atoms with van der Waals surface area (Å²) in [5, 5.41) is 12.9. The number of piperidine rings is 1. The van der Waals surface area contributed by atoms with Gasteiger partial charge >= 0.3 is 0 Å². The van der Waals surface area contributed by atoms with E-state index in [1.165, 1.54) is 4.68 Å². The van der Waals surface area contributed by atoms with Crippen LogP contribution in [0.4, 0.5) is 0 Å². The van der Waals surface area contributed by atoms with Gasteiger partial charge in [-0.15, -0.1) is 5.10 Å². The van der Waals surface area contributed by atoms with Crippen LogP contribution in [-0.4, -0.2) is 39.4 Å². The zero-order chi connectivity index (χ0) is 13.0. The molecule has 4 N–H and O–H groups in total. The summed E-state index contributed by atoms with van der Waals surface area (Å²) in [5.74, 6) is -0.388. The summed E-state index contributed by atoms with van der Waals surface area (Å²) in [6, 6.07) is -0.441. The molecule has 1 saturated heterocycles. The van der Waals surface area contributed by atoms with Gasteiger partial charge in [-0.1, -0.05) is 5.21 Å². The number of hydrogen-bond acceptors (Lipinski definition) is 5. The summed E-state index contributed by atoms with van der Waals surface area (Å²) >= 11 is 0. The van der Waals surface area contributed by atoms with Crippen molar-refractivity contribution in [3.63, 3.8) is 0 Å². The van der Waals surface area contributed by atoms with E-state index < -0.39 is 6.04 Å². The zero-order valence-corrected chi connectivity index (χ0v) is 9.93. The second-order valence-electron chi connectivity index (χ2n) is 4.16. The summed E-state index contributed by atoms with van der Waals surface area (Å²) in [6.07, 6.45) is 3.15. The van der Waals surface area contributed by atoms with Gasteiger partial charge in [0.2, 0.25) is 11.8 Å². The van der Waals surface area contributed by atoms with Gasteiger partial charge in [-0.2, -0.15) is 0 Å². The molecule has 2 heterocycles. The van der Waals surface area contributed by atoms with E-state index in [4.69, 9.17) is 5.73 Å². The first-order valence-corrected chi connectivity index (χ1v) is 5.85. The molecule has 1 aliphatic rings. The van der Waals surface area contributed by atoms with Crippen molar-refractivity contribution in [3.8, 4) is 0 Å². The van der Waals surface area contributed by atoms with Crippen LogP contribution >= 0.6 is 0 Å². The Morgan fingerprint density at radius 3 is 3.17 bits per heavy atom. The van der Waals surface area contributed by atoms with E-state index in [9.17, 15) is 9.59 Å². The van der Waals surface area contributed by atoms with Crippen LogP contribution in [0.2, 0.25) is 0 Å². The van der Waals surface area contributed by atoms with Crippen molar-refractivity contribution in [2.75, 3.05) is 6.54 Å². The van der Waals surface area contributed by atoms with Crippen molar-refractivity contribution in [1.82, 2.24) is 25.6 Å². The Balaban J connectivity index is 1.86. The Kier molecular flexibility index (Phi) is 3.88. The standard InChI is InChI=1S/C10H16N6O2/c11-4-7-5-16(15-14-7)6-9(17)13-8-2-1-3-12-10(8)18/h5,8H,1-4,6,11H2,(H,12,18)(H,13,17). The average Bonchev–Trinajstić information content (AvgIpc) is 2.80. The molecular formula is C10H16N6O2. The fourth-order valence-corrected chi connectivity index (χ4v) is 1.81.